The van der Waals surface area contributed by atoms with E-state index in [1.165, 1.54) is 6.26 Å². The number of carbonyl (C=O) groups excluding carboxylic acids is 2. The number of urea groups is 1. The second kappa shape index (κ2) is 10.0. The van der Waals surface area contributed by atoms with Crippen molar-refractivity contribution in [1.29, 1.82) is 0 Å². The van der Waals surface area contributed by atoms with Gasteiger partial charge in [-0.05, 0) is 31.0 Å². The van der Waals surface area contributed by atoms with E-state index in [2.05, 4.69) is 16.0 Å². The van der Waals surface area contributed by atoms with E-state index < -0.39 is 23.8 Å². The molecule has 4 N–H and O–H groups in total. The summed E-state index contributed by atoms with van der Waals surface area (Å²) >= 11 is 0. The van der Waals surface area contributed by atoms with Crippen molar-refractivity contribution in [1.82, 2.24) is 16.0 Å². The summed E-state index contributed by atoms with van der Waals surface area (Å²) in [5.41, 5.74) is 1.94. The van der Waals surface area contributed by atoms with Crippen LogP contribution >= 0.6 is 0 Å². The summed E-state index contributed by atoms with van der Waals surface area (Å²) in [5.74, 6) is -1.60. The van der Waals surface area contributed by atoms with E-state index in [9.17, 15) is 19.5 Å². The van der Waals surface area contributed by atoms with Crippen LogP contribution in [-0.4, -0.2) is 36.1 Å². The van der Waals surface area contributed by atoms with E-state index in [-0.39, 0.29) is 19.6 Å². The van der Waals surface area contributed by atoms with Crippen LogP contribution in [0.4, 0.5) is 4.79 Å². The Balaban J connectivity index is 1.71. The Morgan fingerprint density at radius 1 is 1.11 bits per heavy atom. The van der Waals surface area contributed by atoms with Crippen LogP contribution < -0.4 is 16.0 Å². The first-order valence-electron chi connectivity index (χ1n) is 8.53. The van der Waals surface area contributed by atoms with Gasteiger partial charge in [-0.2, -0.15) is 0 Å². The normalized spacial score (nSPS) is 11.4. The van der Waals surface area contributed by atoms with Crippen molar-refractivity contribution in [2.45, 2.75) is 19.9 Å². The zero-order valence-electron chi connectivity index (χ0n) is 15.0. The molecule has 1 aromatic heterocycles. The number of carboxylic acids is 1. The molecular weight excluding hydrogens is 350 g/mol. The number of hydrogen-bond acceptors (Lipinski definition) is 4. The van der Waals surface area contributed by atoms with Crippen LogP contribution in [0.5, 0.6) is 0 Å². The lowest BCUT2D eigenvalue weighted by molar-refractivity contribution is -0.141. The summed E-state index contributed by atoms with van der Waals surface area (Å²) in [6.07, 6.45) is 1.81. The number of benzene rings is 1. The first-order valence-corrected chi connectivity index (χ1v) is 8.53. The molecule has 8 heteroatoms. The monoisotopic (exact) mass is 373 g/mol. The third-order valence-electron chi connectivity index (χ3n) is 3.87. The van der Waals surface area contributed by atoms with Crippen molar-refractivity contribution in [2.75, 3.05) is 13.1 Å². The quantitative estimate of drug-likeness (QED) is 0.530. The molecule has 0 fully saturated rings. The third kappa shape index (κ3) is 7.23. The minimum absolute atomic E-state index is 0.0161. The number of hydrogen-bond donors (Lipinski definition) is 4. The lowest BCUT2D eigenvalue weighted by Gasteiger charge is -2.14. The Morgan fingerprint density at radius 3 is 2.59 bits per heavy atom. The number of aliphatic carboxylic acids is 1. The number of carbonyl (C=O) groups is 3. The van der Waals surface area contributed by atoms with Gasteiger partial charge in [0.25, 0.3) is 0 Å². The fourth-order valence-electron chi connectivity index (χ4n) is 2.47. The van der Waals surface area contributed by atoms with E-state index in [0.29, 0.717) is 12.2 Å². The zero-order valence-corrected chi connectivity index (χ0v) is 15.0. The van der Waals surface area contributed by atoms with Gasteiger partial charge in [-0.25, -0.2) is 4.79 Å². The van der Waals surface area contributed by atoms with E-state index in [1.807, 2.05) is 31.2 Å². The van der Waals surface area contributed by atoms with Crippen molar-refractivity contribution in [3.63, 3.8) is 0 Å². The maximum absolute atomic E-state index is 11.8. The smallest absolute Gasteiger partial charge is 0.315 e. The van der Waals surface area contributed by atoms with E-state index in [1.54, 1.807) is 12.1 Å². The minimum atomic E-state index is -0.985. The third-order valence-corrected chi connectivity index (χ3v) is 3.87. The molecule has 1 heterocycles. The highest BCUT2D eigenvalue weighted by atomic mass is 16.4. The van der Waals surface area contributed by atoms with E-state index in [4.69, 9.17) is 4.42 Å². The van der Waals surface area contributed by atoms with E-state index in [0.717, 1.165) is 11.1 Å². The van der Waals surface area contributed by atoms with Gasteiger partial charge in [-0.3, -0.25) is 9.59 Å². The zero-order chi connectivity index (χ0) is 19.6. The Hall–Kier alpha value is -3.29. The Kier molecular flexibility index (Phi) is 7.42. The summed E-state index contributed by atoms with van der Waals surface area (Å²) < 4.78 is 5.08. The van der Waals surface area contributed by atoms with Crippen molar-refractivity contribution < 1.29 is 23.9 Å². The average Bonchev–Trinajstić information content (AvgIpc) is 3.15. The number of carboxylic acid groups (broad SMARTS) is 1. The second-order valence-electron chi connectivity index (χ2n) is 6.15. The highest BCUT2D eigenvalue weighted by Crippen LogP contribution is 2.11. The van der Waals surface area contributed by atoms with Gasteiger partial charge >= 0.3 is 12.0 Å². The van der Waals surface area contributed by atoms with Crippen LogP contribution in [0.2, 0.25) is 0 Å². The van der Waals surface area contributed by atoms with Crippen LogP contribution in [0.15, 0.2) is 47.1 Å². The molecular formula is C19H23N3O5. The van der Waals surface area contributed by atoms with Crippen molar-refractivity contribution in [3.05, 3.63) is 59.5 Å². The minimum Gasteiger partial charge on any atom is -0.481 e. The summed E-state index contributed by atoms with van der Waals surface area (Å²) in [7, 11) is 0. The van der Waals surface area contributed by atoms with Crippen LogP contribution in [-0.2, 0) is 22.6 Å². The van der Waals surface area contributed by atoms with Gasteiger partial charge in [0.15, 0.2) is 0 Å². The molecule has 0 spiro atoms. The predicted molar refractivity (Wildman–Crippen MR) is 98.0 cm³/mol. The first kappa shape index (κ1) is 20.0. The molecule has 0 bridgehead atoms. The number of aryl methyl sites for hydroxylation is 1. The number of nitrogens with one attached hydrogen (secondary N) is 3. The van der Waals surface area contributed by atoms with Crippen LogP contribution in [0.1, 0.15) is 16.9 Å². The average molecular weight is 373 g/mol. The Bertz CT molecular complexity index is 773. The molecule has 2 rings (SSSR count). The Morgan fingerprint density at radius 2 is 1.93 bits per heavy atom. The van der Waals surface area contributed by atoms with Crippen molar-refractivity contribution >= 4 is 17.9 Å². The van der Waals surface area contributed by atoms with E-state index >= 15 is 0 Å². The number of amides is 3. The molecule has 144 valence electrons. The number of rotatable bonds is 9. The van der Waals surface area contributed by atoms with Crippen LogP contribution in [0, 0.1) is 12.8 Å². The highest BCUT2D eigenvalue weighted by molar-refractivity contribution is 5.84. The standard InChI is InChI=1S/C19H23N3O5/c1-13-4-2-5-14(8-13)9-15(18(24)25)10-20-17(23)12-22-19(26)21-11-16-6-3-7-27-16/h2-8,15H,9-12H2,1H3,(H,20,23)(H,24,25)(H2,21,22,26). The fourth-order valence-corrected chi connectivity index (χ4v) is 2.47. The largest absolute Gasteiger partial charge is 0.481 e. The van der Waals surface area contributed by atoms with Crippen LogP contribution in [0.25, 0.3) is 0 Å². The molecule has 0 saturated heterocycles. The molecule has 0 aliphatic carbocycles. The molecule has 0 saturated carbocycles. The van der Waals surface area contributed by atoms with Gasteiger partial charge < -0.3 is 25.5 Å². The maximum Gasteiger partial charge on any atom is 0.315 e. The van der Waals surface area contributed by atoms with Gasteiger partial charge in [0.05, 0.1) is 25.3 Å². The second-order valence-corrected chi connectivity index (χ2v) is 6.15. The molecule has 1 atom stereocenters. The van der Waals surface area contributed by atoms with Gasteiger partial charge in [-0.15, -0.1) is 0 Å². The topological polar surface area (TPSA) is 121 Å². The summed E-state index contributed by atoms with van der Waals surface area (Å²) in [6, 6.07) is 10.5. The first-order chi connectivity index (χ1) is 12.9. The van der Waals surface area contributed by atoms with Gasteiger partial charge in [0.1, 0.15) is 5.76 Å². The molecule has 3 amide bonds. The molecule has 1 unspecified atom stereocenters. The molecule has 27 heavy (non-hydrogen) atoms. The molecule has 0 aliphatic rings. The molecule has 1 aromatic carbocycles. The molecule has 2 aromatic rings. The van der Waals surface area contributed by atoms with Crippen molar-refractivity contribution in [2.24, 2.45) is 5.92 Å². The summed E-state index contributed by atoms with van der Waals surface area (Å²) in [6.45, 7) is 1.88. The number of furan rings is 1. The molecule has 0 aliphatic heterocycles. The van der Waals surface area contributed by atoms with Crippen LogP contribution in [0.3, 0.4) is 0 Å². The van der Waals surface area contributed by atoms with Gasteiger partial charge in [-0.1, -0.05) is 29.8 Å². The lowest BCUT2D eigenvalue weighted by atomic mass is 9.98. The highest BCUT2D eigenvalue weighted by Gasteiger charge is 2.19. The fraction of sp³-hybridized carbons (Fsp3) is 0.316. The Labute approximate surface area is 156 Å². The molecule has 8 nitrogen and oxygen atoms in total. The summed E-state index contributed by atoms with van der Waals surface area (Å²) in [4.78, 5) is 34.9. The summed E-state index contributed by atoms with van der Waals surface area (Å²) in [5, 5.41) is 16.8. The van der Waals surface area contributed by atoms with Crippen molar-refractivity contribution in [3.8, 4) is 0 Å². The predicted octanol–water partition coefficient (Wildman–Crippen LogP) is 1.45. The maximum atomic E-state index is 11.8. The SMILES string of the molecule is Cc1cccc(CC(CNC(=O)CNC(=O)NCc2ccco2)C(=O)O)c1. The molecule has 0 radical (unpaired) electrons. The van der Waals surface area contributed by atoms with Gasteiger partial charge in [0.2, 0.25) is 5.91 Å². The van der Waals surface area contributed by atoms with Gasteiger partial charge in [0, 0.05) is 6.54 Å². The lowest BCUT2D eigenvalue weighted by Crippen LogP contribution is -2.43.